The van der Waals surface area contributed by atoms with Gasteiger partial charge in [0, 0.05) is 29.9 Å². The van der Waals surface area contributed by atoms with Gasteiger partial charge in [0.15, 0.2) is 5.60 Å². The van der Waals surface area contributed by atoms with E-state index < -0.39 is 11.5 Å². The molecule has 0 saturated carbocycles. The van der Waals surface area contributed by atoms with Crippen molar-refractivity contribution in [2.75, 3.05) is 18.0 Å². The van der Waals surface area contributed by atoms with Gasteiger partial charge in [-0.05, 0) is 42.7 Å². The number of nitrogens with one attached hydrogen (secondary N) is 1. The van der Waals surface area contributed by atoms with Gasteiger partial charge in [0.2, 0.25) is 0 Å². The van der Waals surface area contributed by atoms with Crippen molar-refractivity contribution in [3.05, 3.63) is 89.5 Å². The van der Waals surface area contributed by atoms with E-state index in [0.29, 0.717) is 11.1 Å². The van der Waals surface area contributed by atoms with Gasteiger partial charge in [0.05, 0.1) is 6.21 Å². The van der Waals surface area contributed by atoms with Gasteiger partial charge in [-0.15, -0.1) is 0 Å². The number of aliphatic hydroxyl groups is 1. The van der Waals surface area contributed by atoms with E-state index in [1.807, 2.05) is 60.7 Å². The molecule has 0 unspecified atom stereocenters. The average Bonchev–Trinajstić information content (AvgIpc) is 3.06. The summed E-state index contributed by atoms with van der Waals surface area (Å²) >= 11 is 0. The van der Waals surface area contributed by atoms with Crippen LogP contribution in [0.5, 0.6) is 0 Å². The number of amides is 1. The predicted molar refractivity (Wildman–Crippen MR) is 121 cm³/mol. The molecule has 1 aliphatic carbocycles. The van der Waals surface area contributed by atoms with Crippen LogP contribution in [0.15, 0.2) is 77.9 Å². The van der Waals surface area contributed by atoms with Crippen molar-refractivity contribution in [3.63, 3.8) is 0 Å². The Morgan fingerprint density at radius 3 is 2.00 bits per heavy atom. The third kappa shape index (κ3) is 3.27. The number of hydrazone groups is 1. The van der Waals surface area contributed by atoms with E-state index in [1.165, 1.54) is 0 Å². The maximum absolute atomic E-state index is 13.0. The first kappa shape index (κ1) is 19.9. The van der Waals surface area contributed by atoms with Gasteiger partial charge in [-0.2, -0.15) is 5.10 Å². The summed E-state index contributed by atoms with van der Waals surface area (Å²) in [5.41, 5.74) is 5.64. The normalized spacial score (nSPS) is 13.7. The van der Waals surface area contributed by atoms with Crippen molar-refractivity contribution < 1.29 is 9.90 Å². The third-order valence-corrected chi connectivity index (χ3v) is 5.65. The van der Waals surface area contributed by atoms with E-state index in [0.717, 1.165) is 35.5 Å². The molecule has 0 spiro atoms. The van der Waals surface area contributed by atoms with Crippen LogP contribution in [-0.4, -0.2) is 30.3 Å². The van der Waals surface area contributed by atoms with Crippen LogP contribution in [0.25, 0.3) is 11.1 Å². The summed E-state index contributed by atoms with van der Waals surface area (Å²) in [5.74, 6) is -0.573. The van der Waals surface area contributed by atoms with E-state index >= 15 is 0 Å². The summed E-state index contributed by atoms with van der Waals surface area (Å²) < 4.78 is 0. The zero-order valence-corrected chi connectivity index (χ0v) is 17.2. The van der Waals surface area contributed by atoms with Crippen molar-refractivity contribution >= 4 is 17.8 Å². The second-order valence-electron chi connectivity index (χ2n) is 7.26. The van der Waals surface area contributed by atoms with Crippen LogP contribution in [0.1, 0.15) is 30.5 Å². The molecule has 4 rings (SSSR count). The Kier molecular flexibility index (Phi) is 5.38. The van der Waals surface area contributed by atoms with Crippen LogP contribution in [0.3, 0.4) is 0 Å². The molecule has 30 heavy (non-hydrogen) atoms. The van der Waals surface area contributed by atoms with E-state index in [-0.39, 0.29) is 0 Å². The topological polar surface area (TPSA) is 64.9 Å². The maximum atomic E-state index is 13.0. The van der Waals surface area contributed by atoms with E-state index in [9.17, 15) is 9.90 Å². The van der Waals surface area contributed by atoms with Crippen molar-refractivity contribution in [1.29, 1.82) is 0 Å². The highest BCUT2D eigenvalue weighted by Crippen LogP contribution is 2.47. The summed E-state index contributed by atoms with van der Waals surface area (Å²) in [4.78, 5) is 15.3. The zero-order chi connectivity index (χ0) is 21.1. The molecule has 3 aromatic rings. The molecule has 0 saturated heterocycles. The fraction of sp³-hybridized carbons (Fsp3) is 0.200. The molecule has 0 aromatic heterocycles. The van der Waals surface area contributed by atoms with Gasteiger partial charge in [0.25, 0.3) is 5.91 Å². The molecule has 0 atom stereocenters. The van der Waals surface area contributed by atoms with E-state index in [4.69, 9.17) is 0 Å². The molecule has 0 radical (unpaired) electrons. The molecule has 1 amide bonds. The Morgan fingerprint density at radius 2 is 1.47 bits per heavy atom. The summed E-state index contributed by atoms with van der Waals surface area (Å²) in [7, 11) is 0. The van der Waals surface area contributed by atoms with Gasteiger partial charge < -0.3 is 10.0 Å². The number of benzene rings is 3. The van der Waals surface area contributed by atoms with Crippen LogP contribution < -0.4 is 10.3 Å². The molecule has 0 heterocycles. The van der Waals surface area contributed by atoms with Gasteiger partial charge in [-0.3, -0.25) is 4.79 Å². The molecule has 0 fully saturated rings. The zero-order valence-electron chi connectivity index (χ0n) is 17.2. The molecular weight excluding hydrogens is 374 g/mol. The number of anilines is 1. The monoisotopic (exact) mass is 399 g/mol. The Labute approximate surface area is 176 Å². The summed E-state index contributed by atoms with van der Waals surface area (Å²) in [6, 6.07) is 22.8. The van der Waals surface area contributed by atoms with E-state index in [2.05, 4.69) is 29.3 Å². The minimum absolute atomic E-state index is 0.572. The van der Waals surface area contributed by atoms with Gasteiger partial charge in [0.1, 0.15) is 0 Å². The Bertz CT molecular complexity index is 1040. The van der Waals surface area contributed by atoms with Crippen LogP contribution in [0.2, 0.25) is 0 Å². The summed E-state index contributed by atoms with van der Waals surface area (Å²) in [6.45, 7) is 6.14. The Balaban J connectivity index is 1.54. The molecule has 2 N–H and O–H groups in total. The molecule has 5 nitrogen and oxygen atoms in total. The number of carbonyl (C=O) groups excluding carboxylic acids is 1. The number of hydrogen-bond donors (Lipinski definition) is 2. The van der Waals surface area contributed by atoms with Gasteiger partial charge in [-0.1, -0.05) is 60.7 Å². The SMILES string of the molecule is CCN(CC)c1ccc(C=NNC(=O)C2(O)c3ccccc3-c3ccccc32)cc1. The minimum Gasteiger partial charge on any atom is -0.372 e. The molecular formula is C25H25N3O2. The lowest BCUT2D eigenvalue weighted by atomic mass is 9.91. The van der Waals surface area contributed by atoms with Crippen molar-refractivity contribution in [3.8, 4) is 11.1 Å². The number of nitrogens with zero attached hydrogens (tertiary/aromatic N) is 2. The first-order valence-electron chi connectivity index (χ1n) is 10.2. The second kappa shape index (κ2) is 8.13. The highest BCUT2D eigenvalue weighted by molar-refractivity contribution is 5.99. The van der Waals surface area contributed by atoms with Crippen LogP contribution in [-0.2, 0) is 10.4 Å². The number of fused-ring (bicyclic) bond motifs is 3. The molecule has 3 aromatic carbocycles. The van der Waals surface area contributed by atoms with Gasteiger partial charge >= 0.3 is 0 Å². The standard InChI is InChI=1S/C25H25N3O2/c1-3-28(4-2)19-15-13-18(14-16-19)17-26-27-24(29)25(30)22-11-7-5-9-20(22)21-10-6-8-12-23(21)25/h5-17,30H,3-4H2,1-2H3,(H,27,29). The lowest BCUT2D eigenvalue weighted by Gasteiger charge is -2.23. The third-order valence-electron chi connectivity index (χ3n) is 5.65. The second-order valence-corrected chi connectivity index (χ2v) is 7.26. The lowest BCUT2D eigenvalue weighted by Crippen LogP contribution is -2.42. The first-order chi connectivity index (χ1) is 14.6. The van der Waals surface area contributed by atoms with Crippen molar-refractivity contribution in [2.24, 2.45) is 5.10 Å². The molecule has 5 heteroatoms. The smallest absolute Gasteiger partial charge is 0.281 e. The molecule has 152 valence electrons. The summed E-state index contributed by atoms with van der Waals surface area (Å²) in [5, 5.41) is 15.5. The molecule has 1 aliphatic rings. The fourth-order valence-electron chi connectivity index (χ4n) is 4.06. The molecule has 0 aliphatic heterocycles. The Hall–Kier alpha value is -3.44. The number of hydrogen-bond acceptors (Lipinski definition) is 4. The fourth-order valence-corrected chi connectivity index (χ4v) is 4.06. The number of carbonyl (C=O) groups is 1. The van der Waals surface area contributed by atoms with Gasteiger partial charge in [-0.25, -0.2) is 5.43 Å². The van der Waals surface area contributed by atoms with Crippen LogP contribution >= 0.6 is 0 Å². The largest absolute Gasteiger partial charge is 0.372 e. The summed E-state index contributed by atoms with van der Waals surface area (Å²) in [6.07, 6.45) is 1.58. The Morgan fingerprint density at radius 1 is 0.933 bits per heavy atom. The highest BCUT2D eigenvalue weighted by atomic mass is 16.3. The highest BCUT2D eigenvalue weighted by Gasteiger charge is 2.47. The number of rotatable bonds is 6. The maximum Gasteiger partial charge on any atom is 0.281 e. The predicted octanol–water partition coefficient (Wildman–Crippen LogP) is 3.90. The average molecular weight is 399 g/mol. The quantitative estimate of drug-likeness (QED) is 0.488. The molecule has 0 bridgehead atoms. The lowest BCUT2D eigenvalue weighted by molar-refractivity contribution is -0.136. The van der Waals surface area contributed by atoms with Crippen LogP contribution in [0.4, 0.5) is 5.69 Å². The van der Waals surface area contributed by atoms with Crippen molar-refractivity contribution in [2.45, 2.75) is 19.4 Å². The first-order valence-corrected chi connectivity index (χ1v) is 10.2. The van der Waals surface area contributed by atoms with E-state index in [1.54, 1.807) is 18.3 Å². The van der Waals surface area contributed by atoms with Crippen LogP contribution in [0, 0.1) is 0 Å². The van der Waals surface area contributed by atoms with Crippen molar-refractivity contribution in [1.82, 2.24) is 5.43 Å². The minimum atomic E-state index is -1.77.